The van der Waals surface area contributed by atoms with Gasteiger partial charge >= 0.3 is 5.97 Å². The lowest BCUT2D eigenvalue weighted by molar-refractivity contribution is -0.143. The Morgan fingerprint density at radius 3 is 0.963 bits per heavy atom. The van der Waals surface area contributed by atoms with Crippen LogP contribution < -0.4 is 5.32 Å². The minimum Gasteiger partial charge on any atom is -0.466 e. The molecular weight excluding hydrogens is 1010 g/mol. The van der Waals surface area contributed by atoms with Crippen LogP contribution in [0.2, 0.25) is 0 Å². The second-order valence-electron chi connectivity index (χ2n) is 25.3. The summed E-state index contributed by atoms with van der Waals surface area (Å²) in [6.07, 6.45) is 93.6. The Morgan fingerprint density at radius 1 is 0.341 bits per heavy atom. The van der Waals surface area contributed by atoms with Crippen molar-refractivity contribution in [2.24, 2.45) is 0 Å². The van der Waals surface area contributed by atoms with Crippen LogP contribution in [0.5, 0.6) is 0 Å². The third-order valence-electron chi connectivity index (χ3n) is 17.1. The molecule has 0 bridgehead atoms. The van der Waals surface area contributed by atoms with E-state index >= 15 is 0 Å². The van der Waals surface area contributed by atoms with Crippen LogP contribution in [0, 0.1) is 0 Å². The maximum atomic E-state index is 12.4. The number of amides is 1. The first-order valence-corrected chi connectivity index (χ1v) is 36.9. The summed E-state index contributed by atoms with van der Waals surface area (Å²) in [4.78, 5) is 24.6. The minimum absolute atomic E-state index is 0.0164. The molecule has 0 rings (SSSR count). The molecule has 82 heavy (non-hydrogen) atoms. The van der Waals surface area contributed by atoms with E-state index in [9.17, 15) is 19.8 Å². The Labute approximate surface area is 512 Å². The molecule has 6 heteroatoms. The molecule has 0 aliphatic carbocycles. The summed E-state index contributed by atoms with van der Waals surface area (Å²) in [5, 5.41) is 23.1. The number of hydrogen-bond donors (Lipinski definition) is 3. The molecule has 0 aliphatic rings. The predicted octanol–water partition coefficient (Wildman–Crippen LogP) is 24.0. The zero-order valence-electron chi connectivity index (χ0n) is 55.2. The van der Waals surface area contributed by atoms with Crippen molar-refractivity contribution in [3.05, 3.63) is 48.6 Å². The van der Waals surface area contributed by atoms with E-state index < -0.39 is 12.1 Å². The van der Waals surface area contributed by atoms with E-state index in [1.54, 1.807) is 6.08 Å². The number of esters is 1. The third kappa shape index (κ3) is 67.0. The van der Waals surface area contributed by atoms with Crippen LogP contribution in [0.4, 0.5) is 0 Å². The molecule has 0 heterocycles. The van der Waals surface area contributed by atoms with E-state index in [4.69, 9.17) is 4.74 Å². The molecule has 0 radical (unpaired) electrons. The number of rotatable bonds is 69. The Morgan fingerprint density at radius 2 is 0.610 bits per heavy atom. The van der Waals surface area contributed by atoms with Crippen molar-refractivity contribution in [1.29, 1.82) is 0 Å². The van der Waals surface area contributed by atoms with Crippen LogP contribution in [-0.4, -0.2) is 47.4 Å². The highest BCUT2D eigenvalue weighted by molar-refractivity contribution is 5.76. The standard InChI is InChI=1S/C76H143NO5/c1-3-5-7-9-11-13-15-16-17-18-36-40-43-46-50-54-58-62-66-70-76(81)82-71-67-63-59-55-51-47-44-41-38-35-33-31-29-27-25-23-21-19-20-22-24-26-28-30-32-34-37-39-42-45-49-53-57-61-65-69-75(80)77-73(72-78)74(79)68-64-60-56-52-48-14-12-10-8-6-4-2/h11,13,16-17,21,23,64,68,73-74,78-79H,3-10,12,14-15,18-20,22,24-63,65-67,69-72H2,1-2H3,(H,77,80)/b13-11-,17-16-,23-21-,68-64+. The van der Waals surface area contributed by atoms with E-state index in [1.807, 2.05) is 6.08 Å². The second-order valence-corrected chi connectivity index (χ2v) is 25.3. The summed E-state index contributed by atoms with van der Waals surface area (Å²) in [5.41, 5.74) is 0. The molecule has 0 fully saturated rings. The molecule has 3 N–H and O–H groups in total. The number of ether oxygens (including phenoxy) is 1. The summed E-state index contributed by atoms with van der Waals surface area (Å²) >= 11 is 0. The van der Waals surface area contributed by atoms with Gasteiger partial charge in [-0.2, -0.15) is 0 Å². The van der Waals surface area contributed by atoms with E-state index in [1.165, 1.54) is 321 Å². The fraction of sp³-hybridized carbons (Fsp3) is 0.868. The smallest absolute Gasteiger partial charge is 0.305 e. The van der Waals surface area contributed by atoms with Crippen molar-refractivity contribution in [2.75, 3.05) is 13.2 Å². The SMILES string of the molecule is CCCCC/C=C\C/C=C\CCCCCCCCCCCC(=O)OCCCCCCCCCCCCCCCC/C=C\CCCCCCCCCCCCCCCCCCCC(=O)NC(CO)C(O)/C=C/CCCCCCCCCCC. The van der Waals surface area contributed by atoms with Gasteiger partial charge < -0.3 is 20.3 Å². The fourth-order valence-corrected chi connectivity index (χ4v) is 11.4. The topological polar surface area (TPSA) is 95.9 Å². The van der Waals surface area contributed by atoms with Crippen molar-refractivity contribution in [1.82, 2.24) is 5.32 Å². The quantitative estimate of drug-likeness (QED) is 0.0320. The first kappa shape index (κ1) is 79.8. The molecule has 2 atom stereocenters. The molecule has 0 aromatic rings. The monoisotopic (exact) mass is 1150 g/mol. The van der Waals surface area contributed by atoms with Gasteiger partial charge in [-0.15, -0.1) is 0 Å². The van der Waals surface area contributed by atoms with E-state index in [0.717, 1.165) is 51.4 Å². The fourth-order valence-electron chi connectivity index (χ4n) is 11.4. The van der Waals surface area contributed by atoms with Crippen LogP contribution >= 0.6 is 0 Å². The Bertz CT molecular complexity index is 1370. The van der Waals surface area contributed by atoms with Crippen molar-refractivity contribution in [2.45, 2.75) is 411 Å². The largest absolute Gasteiger partial charge is 0.466 e. The molecule has 0 saturated heterocycles. The summed E-state index contributed by atoms with van der Waals surface area (Å²) in [6, 6.07) is -0.624. The number of allylic oxidation sites excluding steroid dienone is 7. The van der Waals surface area contributed by atoms with E-state index in [-0.39, 0.29) is 18.5 Å². The number of carbonyl (C=O) groups is 2. The van der Waals surface area contributed by atoms with Crippen molar-refractivity contribution in [3.8, 4) is 0 Å². The number of nitrogens with one attached hydrogen (secondary N) is 1. The first-order chi connectivity index (χ1) is 40.5. The van der Waals surface area contributed by atoms with Gasteiger partial charge in [0.05, 0.1) is 25.4 Å². The van der Waals surface area contributed by atoms with E-state index in [2.05, 4.69) is 55.6 Å². The number of unbranched alkanes of at least 4 members (excludes halogenated alkanes) is 52. The van der Waals surface area contributed by atoms with Crippen LogP contribution in [0.1, 0.15) is 399 Å². The van der Waals surface area contributed by atoms with Crippen LogP contribution in [-0.2, 0) is 14.3 Å². The van der Waals surface area contributed by atoms with Crippen LogP contribution in [0.25, 0.3) is 0 Å². The van der Waals surface area contributed by atoms with Gasteiger partial charge in [-0.05, 0) is 89.9 Å². The summed E-state index contributed by atoms with van der Waals surface area (Å²) in [6.45, 7) is 4.89. The zero-order chi connectivity index (χ0) is 59.2. The number of aliphatic hydroxyl groups is 2. The molecular formula is C76H143NO5. The number of aliphatic hydroxyl groups excluding tert-OH is 2. The predicted molar refractivity (Wildman–Crippen MR) is 361 cm³/mol. The molecule has 0 spiro atoms. The molecule has 0 aliphatic heterocycles. The van der Waals surface area contributed by atoms with Gasteiger partial charge in [0.15, 0.2) is 0 Å². The maximum Gasteiger partial charge on any atom is 0.305 e. The Kier molecular flexibility index (Phi) is 69.4. The van der Waals surface area contributed by atoms with Gasteiger partial charge in [0.2, 0.25) is 5.91 Å². The van der Waals surface area contributed by atoms with Crippen molar-refractivity contribution in [3.63, 3.8) is 0 Å². The highest BCUT2D eigenvalue weighted by atomic mass is 16.5. The summed E-state index contributed by atoms with van der Waals surface area (Å²) < 4.78 is 5.51. The molecule has 2 unspecified atom stereocenters. The number of hydrogen-bond acceptors (Lipinski definition) is 5. The van der Waals surface area contributed by atoms with Gasteiger partial charge in [-0.25, -0.2) is 0 Å². The lowest BCUT2D eigenvalue weighted by Crippen LogP contribution is -2.45. The van der Waals surface area contributed by atoms with Crippen molar-refractivity contribution >= 4 is 11.9 Å². The average Bonchev–Trinajstić information content (AvgIpc) is 3.48. The highest BCUT2D eigenvalue weighted by Crippen LogP contribution is 2.18. The molecule has 0 aromatic heterocycles. The first-order valence-electron chi connectivity index (χ1n) is 36.9. The lowest BCUT2D eigenvalue weighted by atomic mass is 10.0. The van der Waals surface area contributed by atoms with Gasteiger partial charge in [0, 0.05) is 12.8 Å². The summed E-state index contributed by atoms with van der Waals surface area (Å²) in [5.74, 6) is -0.0481. The molecule has 482 valence electrons. The third-order valence-corrected chi connectivity index (χ3v) is 17.1. The number of carbonyl (C=O) groups excluding carboxylic acids is 2. The Hall–Kier alpha value is -2.18. The van der Waals surface area contributed by atoms with Crippen LogP contribution in [0.15, 0.2) is 48.6 Å². The van der Waals surface area contributed by atoms with Crippen LogP contribution in [0.3, 0.4) is 0 Å². The minimum atomic E-state index is -0.841. The van der Waals surface area contributed by atoms with E-state index in [0.29, 0.717) is 19.4 Å². The highest BCUT2D eigenvalue weighted by Gasteiger charge is 2.18. The molecule has 0 saturated carbocycles. The lowest BCUT2D eigenvalue weighted by Gasteiger charge is -2.20. The normalized spacial score (nSPS) is 12.8. The van der Waals surface area contributed by atoms with Gasteiger partial charge in [0.25, 0.3) is 0 Å². The van der Waals surface area contributed by atoms with Gasteiger partial charge in [0.1, 0.15) is 0 Å². The molecule has 1 amide bonds. The van der Waals surface area contributed by atoms with Gasteiger partial charge in [-0.3, -0.25) is 9.59 Å². The van der Waals surface area contributed by atoms with Gasteiger partial charge in [-0.1, -0.05) is 345 Å². The molecule has 6 nitrogen and oxygen atoms in total. The second kappa shape index (κ2) is 71.3. The molecule has 0 aromatic carbocycles. The summed E-state index contributed by atoms with van der Waals surface area (Å²) in [7, 11) is 0. The average molecular weight is 1150 g/mol. The maximum absolute atomic E-state index is 12.4. The van der Waals surface area contributed by atoms with Crippen molar-refractivity contribution < 1.29 is 24.5 Å². The zero-order valence-corrected chi connectivity index (χ0v) is 55.2. The Balaban J connectivity index is 3.32.